The molecule has 0 aliphatic carbocycles. The van der Waals surface area contributed by atoms with E-state index in [4.69, 9.17) is 4.74 Å². The number of hydrogen-bond donors (Lipinski definition) is 0. The number of hydrogen-bond acceptors (Lipinski definition) is 1. The fourth-order valence-electron chi connectivity index (χ4n) is 1.41. The second-order valence-corrected chi connectivity index (χ2v) is 5.69. The van der Waals surface area contributed by atoms with Gasteiger partial charge in [-0.3, -0.25) is 0 Å². The number of alkyl halides is 3. The van der Waals surface area contributed by atoms with Gasteiger partial charge in [0.05, 0.1) is 13.6 Å². The fourth-order valence-corrected chi connectivity index (χ4v) is 2.36. The summed E-state index contributed by atoms with van der Waals surface area (Å²) in [5.74, 6) is 0.945. The fraction of sp³-hybridized carbons (Fsp3) is 0.0769. The maximum Gasteiger partial charge on any atom is 0.416 e. The molecule has 0 fully saturated rings. The summed E-state index contributed by atoms with van der Waals surface area (Å²) in [6.45, 7) is 0. The Bertz CT molecular complexity index is 599. The summed E-state index contributed by atoms with van der Waals surface area (Å²) in [5, 5.41) is 0. The first-order chi connectivity index (χ1) is 8.88. The van der Waals surface area contributed by atoms with Crippen molar-refractivity contribution >= 4 is 38.5 Å². The van der Waals surface area contributed by atoms with Crippen LogP contribution in [-0.4, -0.2) is 0 Å². The van der Waals surface area contributed by atoms with Crippen LogP contribution in [0.2, 0.25) is 0 Å². The molecule has 0 radical (unpaired) electrons. The third kappa shape index (κ3) is 3.62. The van der Waals surface area contributed by atoms with Crippen molar-refractivity contribution in [2.45, 2.75) is 6.18 Å². The number of ether oxygens (including phenoxy) is 1. The quantitative estimate of drug-likeness (QED) is 0.529. The molecule has 2 aromatic carbocycles. The summed E-state index contributed by atoms with van der Waals surface area (Å²) < 4.78 is 44.3. The first-order valence-electron chi connectivity index (χ1n) is 5.17. The zero-order valence-electron chi connectivity index (χ0n) is 9.34. The topological polar surface area (TPSA) is 9.23 Å². The van der Waals surface area contributed by atoms with Crippen LogP contribution >= 0.6 is 38.5 Å². The van der Waals surface area contributed by atoms with Gasteiger partial charge in [-0.2, -0.15) is 13.2 Å². The lowest BCUT2D eigenvalue weighted by atomic mass is 10.2. The molecular weight excluding hydrogens is 436 g/mol. The molecule has 0 aromatic heterocycles. The van der Waals surface area contributed by atoms with Gasteiger partial charge in [0.1, 0.15) is 11.5 Å². The Morgan fingerprint density at radius 2 is 1.68 bits per heavy atom. The Morgan fingerprint density at radius 3 is 2.26 bits per heavy atom. The molecule has 19 heavy (non-hydrogen) atoms. The van der Waals surface area contributed by atoms with E-state index in [9.17, 15) is 13.2 Å². The molecule has 6 heteroatoms. The molecule has 0 unspecified atom stereocenters. The van der Waals surface area contributed by atoms with E-state index < -0.39 is 11.7 Å². The van der Waals surface area contributed by atoms with Crippen molar-refractivity contribution in [2.24, 2.45) is 0 Å². The summed E-state index contributed by atoms with van der Waals surface area (Å²) in [7, 11) is 0. The van der Waals surface area contributed by atoms with E-state index in [0.29, 0.717) is 11.5 Å². The average Bonchev–Trinajstić information content (AvgIpc) is 2.33. The Hall–Kier alpha value is -0.760. The number of rotatable bonds is 2. The third-order valence-corrected chi connectivity index (χ3v) is 3.83. The highest BCUT2D eigenvalue weighted by Crippen LogP contribution is 2.37. The summed E-state index contributed by atoms with van der Waals surface area (Å²) in [6.07, 6.45) is -4.36. The van der Waals surface area contributed by atoms with Gasteiger partial charge in [0, 0.05) is 0 Å². The maximum absolute atomic E-state index is 12.5. The number of halogens is 5. The first kappa shape index (κ1) is 14.6. The second-order valence-electron chi connectivity index (χ2n) is 3.68. The molecule has 0 atom stereocenters. The standard InChI is InChI=1S/C13H7BrF3IO/c14-9-7-8(13(15,16)17)5-6-11(9)19-12-4-2-1-3-10(12)18/h1-7H. The lowest BCUT2D eigenvalue weighted by Crippen LogP contribution is -2.04. The minimum absolute atomic E-state index is 0.266. The molecule has 0 aliphatic heterocycles. The van der Waals surface area contributed by atoms with Crippen molar-refractivity contribution < 1.29 is 17.9 Å². The molecule has 2 rings (SSSR count). The van der Waals surface area contributed by atoms with E-state index in [2.05, 4.69) is 38.5 Å². The summed E-state index contributed by atoms with van der Waals surface area (Å²) in [5.41, 5.74) is -0.713. The SMILES string of the molecule is FC(F)(F)c1ccc(Oc2ccccc2I)c(Br)c1. The van der Waals surface area contributed by atoms with Crippen LogP contribution in [0.3, 0.4) is 0 Å². The van der Waals surface area contributed by atoms with E-state index >= 15 is 0 Å². The minimum atomic E-state index is -4.36. The third-order valence-electron chi connectivity index (χ3n) is 2.32. The Balaban J connectivity index is 2.30. The predicted molar refractivity (Wildman–Crippen MR) is 78.4 cm³/mol. The van der Waals surface area contributed by atoms with Crippen LogP contribution in [0.4, 0.5) is 13.2 Å². The van der Waals surface area contributed by atoms with E-state index in [-0.39, 0.29) is 4.47 Å². The van der Waals surface area contributed by atoms with Crippen molar-refractivity contribution in [3.8, 4) is 11.5 Å². The average molecular weight is 443 g/mol. The zero-order valence-corrected chi connectivity index (χ0v) is 13.1. The van der Waals surface area contributed by atoms with E-state index in [1.807, 2.05) is 12.1 Å². The van der Waals surface area contributed by atoms with E-state index in [0.717, 1.165) is 15.7 Å². The number of benzene rings is 2. The second kappa shape index (κ2) is 5.70. The molecule has 0 N–H and O–H groups in total. The predicted octanol–water partition coefficient (Wildman–Crippen LogP) is 5.86. The Kier molecular flexibility index (Phi) is 4.39. The van der Waals surface area contributed by atoms with Gasteiger partial charge in [0.2, 0.25) is 0 Å². The van der Waals surface area contributed by atoms with Crippen LogP contribution in [0.5, 0.6) is 11.5 Å². The monoisotopic (exact) mass is 442 g/mol. The lowest BCUT2D eigenvalue weighted by molar-refractivity contribution is -0.137. The Labute approximate surface area is 130 Å². The molecule has 0 aliphatic rings. The molecule has 0 heterocycles. The highest BCUT2D eigenvalue weighted by molar-refractivity contribution is 14.1. The van der Waals surface area contributed by atoms with Crippen molar-refractivity contribution in [3.63, 3.8) is 0 Å². The van der Waals surface area contributed by atoms with Crippen LogP contribution in [0, 0.1) is 3.57 Å². The molecule has 2 aromatic rings. The molecule has 0 spiro atoms. The first-order valence-corrected chi connectivity index (χ1v) is 7.04. The van der Waals surface area contributed by atoms with E-state index in [1.165, 1.54) is 6.07 Å². The van der Waals surface area contributed by atoms with Crippen LogP contribution in [0.15, 0.2) is 46.9 Å². The van der Waals surface area contributed by atoms with Gasteiger partial charge in [-0.1, -0.05) is 12.1 Å². The highest BCUT2D eigenvalue weighted by Gasteiger charge is 2.31. The van der Waals surface area contributed by atoms with Gasteiger partial charge in [-0.25, -0.2) is 0 Å². The van der Waals surface area contributed by atoms with Crippen molar-refractivity contribution in [1.29, 1.82) is 0 Å². The van der Waals surface area contributed by atoms with Gasteiger partial charge in [0.25, 0.3) is 0 Å². The van der Waals surface area contributed by atoms with Crippen molar-refractivity contribution in [3.05, 3.63) is 56.1 Å². The van der Waals surface area contributed by atoms with Gasteiger partial charge in [-0.15, -0.1) is 0 Å². The minimum Gasteiger partial charge on any atom is -0.455 e. The molecular formula is C13H7BrF3IO. The summed E-state index contributed by atoms with van der Waals surface area (Å²) in [4.78, 5) is 0. The van der Waals surface area contributed by atoms with E-state index in [1.54, 1.807) is 12.1 Å². The number of para-hydroxylation sites is 1. The molecule has 1 nitrogen and oxygen atoms in total. The van der Waals surface area contributed by atoms with Gasteiger partial charge in [0.15, 0.2) is 0 Å². The summed E-state index contributed by atoms with van der Waals surface area (Å²) >= 11 is 5.19. The van der Waals surface area contributed by atoms with Crippen molar-refractivity contribution in [2.75, 3.05) is 0 Å². The maximum atomic E-state index is 12.5. The molecule has 0 saturated heterocycles. The smallest absolute Gasteiger partial charge is 0.416 e. The molecule has 100 valence electrons. The lowest BCUT2D eigenvalue weighted by Gasteiger charge is -2.12. The molecule has 0 saturated carbocycles. The van der Waals surface area contributed by atoms with Crippen molar-refractivity contribution in [1.82, 2.24) is 0 Å². The normalized spacial score (nSPS) is 11.4. The molecule has 0 amide bonds. The van der Waals surface area contributed by atoms with Gasteiger partial charge >= 0.3 is 6.18 Å². The van der Waals surface area contributed by atoms with Crippen LogP contribution in [-0.2, 0) is 6.18 Å². The largest absolute Gasteiger partial charge is 0.455 e. The van der Waals surface area contributed by atoms with Crippen LogP contribution in [0.1, 0.15) is 5.56 Å². The summed E-state index contributed by atoms with van der Waals surface area (Å²) in [6, 6.07) is 10.6. The van der Waals surface area contributed by atoms with Crippen LogP contribution < -0.4 is 4.74 Å². The highest BCUT2D eigenvalue weighted by atomic mass is 127. The zero-order chi connectivity index (χ0) is 14.0. The molecule has 0 bridgehead atoms. The van der Waals surface area contributed by atoms with Gasteiger partial charge in [-0.05, 0) is 68.9 Å². The van der Waals surface area contributed by atoms with Crippen LogP contribution in [0.25, 0.3) is 0 Å². The van der Waals surface area contributed by atoms with Gasteiger partial charge < -0.3 is 4.74 Å². The Morgan fingerprint density at radius 1 is 1.00 bits per heavy atom.